The maximum Gasteiger partial charge on any atom is 0.224 e. The Morgan fingerprint density at radius 2 is 2.00 bits per heavy atom. The summed E-state index contributed by atoms with van der Waals surface area (Å²) in [5.74, 6) is 0.601. The predicted molar refractivity (Wildman–Crippen MR) is 72.7 cm³/mol. The third kappa shape index (κ3) is 5.42. The Morgan fingerprint density at radius 3 is 2.53 bits per heavy atom. The largest absolute Gasteiger partial charge is 0.353 e. The molecule has 1 aromatic carbocycles. The maximum atomic E-state index is 11.8. The Hall–Kier alpha value is -0.730. The first-order valence-electron chi connectivity index (χ1n) is 5.75. The summed E-state index contributed by atoms with van der Waals surface area (Å²) in [5, 5.41) is 3.66. The first kappa shape index (κ1) is 14.3. The molecule has 0 saturated heterocycles. The number of alkyl halides is 1. The van der Waals surface area contributed by atoms with E-state index in [1.165, 1.54) is 0 Å². The summed E-state index contributed by atoms with van der Waals surface area (Å²) in [5.41, 5.74) is 0.965. The summed E-state index contributed by atoms with van der Waals surface area (Å²) in [4.78, 5) is 11.8. The molecule has 94 valence electrons. The highest BCUT2D eigenvalue weighted by Crippen LogP contribution is 2.10. The van der Waals surface area contributed by atoms with E-state index in [1.54, 1.807) is 12.1 Å². The monoisotopic (exact) mass is 273 g/mol. The van der Waals surface area contributed by atoms with Gasteiger partial charge in [0.2, 0.25) is 5.91 Å². The van der Waals surface area contributed by atoms with Crippen LogP contribution in [0.3, 0.4) is 0 Å². The quantitative estimate of drug-likeness (QED) is 0.791. The van der Waals surface area contributed by atoms with Crippen LogP contribution in [0.25, 0.3) is 0 Å². The highest BCUT2D eigenvalue weighted by molar-refractivity contribution is 6.30. The molecule has 0 fully saturated rings. The van der Waals surface area contributed by atoms with Crippen LogP contribution < -0.4 is 5.32 Å². The lowest BCUT2D eigenvalue weighted by atomic mass is 10.1. The molecule has 1 N–H and O–H groups in total. The van der Waals surface area contributed by atoms with Crippen molar-refractivity contribution in [2.45, 2.75) is 32.2 Å². The van der Waals surface area contributed by atoms with E-state index in [0.29, 0.717) is 17.3 Å². The van der Waals surface area contributed by atoms with Crippen molar-refractivity contribution in [1.29, 1.82) is 0 Å². The topological polar surface area (TPSA) is 29.1 Å². The number of rotatable bonds is 6. The van der Waals surface area contributed by atoms with Crippen LogP contribution in [0, 0.1) is 0 Å². The van der Waals surface area contributed by atoms with Crippen molar-refractivity contribution in [3.63, 3.8) is 0 Å². The van der Waals surface area contributed by atoms with Gasteiger partial charge < -0.3 is 5.32 Å². The van der Waals surface area contributed by atoms with Crippen molar-refractivity contribution in [3.8, 4) is 0 Å². The average Bonchev–Trinajstić information content (AvgIpc) is 2.31. The third-order valence-electron chi connectivity index (χ3n) is 2.59. The van der Waals surface area contributed by atoms with E-state index in [9.17, 15) is 4.79 Å². The number of benzene rings is 1. The van der Waals surface area contributed by atoms with Gasteiger partial charge >= 0.3 is 0 Å². The number of carbonyl (C=O) groups is 1. The number of hydrogen-bond acceptors (Lipinski definition) is 1. The Kier molecular flexibility index (Phi) is 6.38. The minimum atomic E-state index is 0.0317. The van der Waals surface area contributed by atoms with E-state index in [0.717, 1.165) is 18.4 Å². The van der Waals surface area contributed by atoms with Gasteiger partial charge in [-0.25, -0.2) is 0 Å². The zero-order valence-corrected chi connectivity index (χ0v) is 11.4. The molecular weight excluding hydrogens is 257 g/mol. The highest BCUT2D eigenvalue weighted by Gasteiger charge is 2.10. The van der Waals surface area contributed by atoms with Gasteiger partial charge in [0, 0.05) is 16.9 Å². The van der Waals surface area contributed by atoms with Gasteiger partial charge in [-0.2, -0.15) is 0 Å². The maximum absolute atomic E-state index is 11.8. The Bertz CT molecular complexity index is 351. The first-order valence-corrected chi connectivity index (χ1v) is 6.66. The molecule has 0 radical (unpaired) electrons. The summed E-state index contributed by atoms with van der Waals surface area (Å²) < 4.78 is 0. The molecule has 0 bridgehead atoms. The van der Waals surface area contributed by atoms with Crippen LogP contribution in [-0.4, -0.2) is 17.8 Å². The molecule has 0 saturated carbocycles. The van der Waals surface area contributed by atoms with Crippen LogP contribution >= 0.6 is 23.2 Å². The molecule has 1 unspecified atom stereocenters. The van der Waals surface area contributed by atoms with Gasteiger partial charge in [-0.05, 0) is 30.5 Å². The summed E-state index contributed by atoms with van der Waals surface area (Å²) in [6.45, 7) is 2.04. The van der Waals surface area contributed by atoms with Crippen molar-refractivity contribution >= 4 is 29.1 Å². The lowest BCUT2D eigenvalue weighted by Gasteiger charge is -2.15. The highest BCUT2D eigenvalue weighted by atomic mass is 35.5. The third-order valence-corrected chi connectivity index (χ3v) is 3.06. The van der Waals surface area contributed by atoms with Crippen LogP contribution in [0.2, 0.25) is 5.02 Å². The molecule has 17 heavy (non-hydrogen) atoms. The molecule has 2 nitrogen and oxygen atoms in total. The summed E-state index contributed by atoms with van der Waals surface area (Å²) in [6.07, 6.45) is 2.10. The van der Waals surface area contributed by atoms with Gasteiger partial charge in [-0.15, -0.1) is 11.6 Å². The minimum Gasteiger partial charge on any atom is -0.353 e. The zero-order chi connectivity index (χ0) is 12.7. The van der Waals surface area contributed by atoms with Gasteiger partial charge in [0.05, 0.1) is 6.42 Å². The van der Waals surface area contributed by atoms with E-state index in [-0.39, 0.29) is 11.9 Å². The van der Waals surface area contributed by atoms with Crippen LogP contribution in [-0.2, 0) is 11.2 Å². The van der Waals surface area contributed by atoms with Gasteiger partial charge in [0.1, 0.15) is 0 Å². The van der Waals surface area contributed by atoms with Crippen LogP contribution in [0.15, 0.2) is 24.3 Å². The fourth-order valence-electron chi connectivity index (χ4n) is 1.58. The van der Waals surface area contributed by atoms with Gasteiger partial charge in [0.15, 0.2) is 0 Å². The molecule has 1 atom stereocenters. The minimum absolute atomic E-state index is 0.0317. The smallest absolute Gasteiger partial charge is 0.224 e. The van der Waals surface area contributed by atoms with Crippen LogP contribution in [0.5, 0.6) is 0 Å². The second-order valence-electron chi connectivity index (χ2n) is 3.95. The number of nitrogens with one attached hydrogen (secondary N) is 1. The summed E-state index contributed by atoms with van der Waals surface area (Å²) in [6, 6.07) is 7.49. The molecule has 1 aromatic rings. The summed E-state index contributed by atoms with van der Waals surface area (Å²) >= 11 is 11.5. The molecule has 1 rings (SSSR count). The van der Waals surface area contributed by atoms with E-state index < -0.39 is 0 Å². The van der Waals surface area contributed by atoms with Crippen molar-refractivity contribution in [3.05, 3.63) is 34.9 Å². The van der Waals surface area contributed by atoms with Gasteiger partial charge in [-0.1, -0.05) is 30.7 Å². The first-order chi connectivity index (χ1) is 8.15. The molecular formula is C13H17Cl2NO. The van der Waals surface area contributed by atoms with Crippen LogP contribution in [0.1, 0.15) is 25.3 Å². The van der Waals surface area contributed by atoms with Crippen LogP contribution in [0.4, 0.5) is 0 Å². The number of hydrogen-bond donors (Lipinski definition) is 1. The SMILES string of the molecule is CCC(CCCl)NC(=O)Cc1ccc(Cl)cc1. The van der Waals surface area contributed by atoms with E-state index in [2.05, 4.69) is 5.32 Å². The normalized spacial score (nSPS) is 12.2. The molecule has 0 aliphatic rings. The predicted octanol–water partition coefficient (Wildman–Crippen LogP) is 3.41. The van der Waals surface area contributed by atoms with Gasteiger partial charge in [0.25, 0.3) is 0 Å². The average molecular weight is 274 g/mol. The summed E-state index contributed by atoms with van der Waals surface area (Å²) in [7, 11) is 0. The number of halogens is 2. The van der Waals surface area contributed by atoms with E-state index in [1.807, 2.05) is 19.1 Å². The second kappa shape index (κ2) is 7.57. The number of carbonyl (C=O) groups excluding carboxylic acids is 1. The molecule has 0 aliphatic carbocycles. The lowest BCUT2D eigenvalue weighted by molar-refractivity contribution is -0.121. The number of amides is 1. The fourth-order valence-corrected chi connectivity index (χ4v) is 1.97. The molecule has 1 amide bonds. The molecule has 0 aromatic heterocycles. The Morgan fingerprint density at radius 1 is 1.35 bits per heavy atom. The van der Waals surface area contributed by atoms with Crippen molar-refractivity contribution in [2.75, 3.05) is 5.88 Å². The zero-order valence-electron chi connectivity index (χ0n) is 9.88. The Labute approximate surface area is 112 Å². The molecule has 0 heterocycles. The molecule has 4 heteroatoms. The van der Waals surface area contributed by atoms with E-state index in [4.69, 9.17) is 23.2 Å². The van der Waals surface area contributed by atoms with E-state index >= 15 is 0 Å². The standard InChI is InChI=1S/C13H17Cl2NO/c1-2-12(7-8-14)16-13(17)9-10-3-5-11(15)6-4-10/h3-6,12H,2,7-9H2,1H3,(H,16,17). The van der Waals surface area contributed by atoms with Crippen molar-refractivity contribution < 1.29 is 4.79 Å². The molecule has 0 aliphatic heterocycles. The lowest BCUT2D eigenvalue weighted by Crippen LogP contribution is -2.35. The van der Waals surface area contributed by atoms with Gasteiger partial charge in [-0.3, -0.25) is 4.79 Å². The fraction of sp³-hybridized carbons (Fsp3) is 0.462. The van der Waals surface area contributed by atoms with Crippen molar-refractivity contribution in [1.82, 2.24) is 5.32 Å². The molecule has 0 spiro atoms. The Balaban J connectivity index is 2.46. The van der Waals surface area contributed by atoms with Crippen molar-refractivity contribution in [2.24, 2.45) is 0 Å². The second-order valence-corrected chi connectivity index (χ2v) is 4.77.